The zero-order valence-electron chi connectivity index (χ0n) is 9.26. The van der Waals surface area contributed by atoms with Crippen LogP contribution in [0.2, 0.25) is 0 Å². The van der Waals surface area contributed by atoms with Crippen molar-refractivity contribution < 1.29 is 4.79 Å². The Labute approximate surface area is 94.5 Å². The van der Waals surface area contributed by atoms with Crippen LogP contribution in [-0.4, -0.2) is 12.5 Å². The van der Waals surface area contributed by atoms with Crippen LogP contribution in [0.4, 0.5) is 17.1 Å². The molecule has 0 aromatic heterocycles. The molecule has 0 unspecified atom stereocenters. The molecule has 2 rings (SSSR count). The molecule has 1 aromatic carbocycles. The number of anilines is 3. The summed E-state index contributed by atoms with van der Waals surface area (Å²) in [5.41, 5.74) is 10.2. The van der Waals surface area contributed by atoms with E-state index < -0.39 is 0 Å². The summed E-state index contributed by atoms with van der Waals surface area (Å²) < 4.78 is 0. The molecule has 1 aliphatic rings. The highest BCUT2D eigenvalue weighted by Gasteiger charge is 2.18. The van der Waals surface area contributed by atoms with E-state index in [1.807, 2.05) is 19.1 Å². The monoisotopic (exact) mass is 217 g/mol. The lowest BCUT2D eigenvalue weighted by Gasteiger charge is -2.11. The normalized spacial score (nSPS) is 13.2. The lowest BCUT2D eigenvalue weighted by atomic mass is 10.1. The standard InChI is InChI=1S/C12H15N3O/c1-7(2)6-14-11-5-10-8(3-9(11)13)4-12(16)15-10/h3,5,14H,1,4,6,13H2,2H3,(H,15,16). The van der Waals surface area contributed by atoms with Crippen molar-refractivity contribution in [3.63, 3.8) is 0 Å². The van der Waals surface area contributed by atoms with Gasteiger partial charge in [-0.05, 0) is 24.6 Å². The zero-order valence-corrected chi connectivity index (χ0v) is 9.26. The fourth-order valence-electron chi connectivity index (χ4n) is 1.69. The van der Waals surface area contributed by atoms with Gasteiger partial charge in [0, 0.05) is 12.2 Å². The van der Waals surface area contributed by atoms with Crippen molar-refractivity contribution in [1.82, 2.24) is 0 Å². The smallest absolute Gasteiger partial charge is 0.228 e. The molecule has 0 radical (unpaired) electrons. The van der Waals surface area contributed by atoms with Gasteiger partial charge in [0.1, 0.15) is 0 Å². The number of amides is 1. The van der Waals surface area contributed by atoms with Gasteiger partial charge in [0.15, 0.2) is 0 Å². The summed E-state index contributed by atoms with van der Waals surface area (Å²) >= 11 is 0. The van der Waals surface area contributed by atoms with Crippen molar-refractivity contribution in [3.05, 3.63) is 29.8 Å². The maximum Gasteiger partial charge on any atom is 0.228 e. The Balaban J connectivity index is 2.24. The number of nitrogens with two attached hydrogens (primary N) is 1. The van der Waals surface area contributed by atoms with Gasteiger partial charge in [0.05, 0.1) is 17.8 Å². The Hall–Kier alpha value is -1.97. The lowest BCUT2D eigenvalue weighted by molar-refractivity contribution is -0.115. The van der Waals surface area contributed by atoms with Crippen LogP contribution < -0.4 is 16.4 Å². The van der Waals surface area contributed by atoms with Gasteiger partial charge in [-0.2, -0.15) is 0 Å². The molecule has 1 amide bonds. The molecule has 1 heterocycles. The molecule has 0 fully saturated rings. The SMILES string of the molecule is C=C(C)CNc1cc2c(cc1N)CC(=O)N2. The first-order valence-corrected chi connectivity index (χ1v) is 5.17. The van der Waals surface area contributed by atoms with Crippen LogP contribution in [-0.2, 0) is 11.2 Å². The number of nitrogen functional groups attached to an aromatic ring is 1. The Morgan fingerprint density at radius 3 is 3.06 bits per heavy atom. The summed E-state index contributed by atoms with van der Waals surface area (Å²) in [7, 11) is 0. The molecule has 0 spiro atoms. The first-order valence-electron chi connectivity index (χ1n) is 5.17. The summed E-state index contributed by atoms with van der Waals surface area (Å²) in [4.78, 5) is 11.2. The molecule has 84 valence electrons. The van der Waals surface area contributed by atoms with Crippen LogP contribution in [0.25, 0.3) is 0 Å². The second-order valence-corrected chi connectivity index (χ2v) is 4.13. The van der Waals surface area contributed by atoms with E-state index in [0.717, 1.165) is 22.5 Å². The molecule has 0 saturated heterocycles. The molecule has 0 atom stereocenters. The number of carbonyl (C=O) groups is 1. The number of benzene rings is 1. The van der Waals surface area contributed by atoms with Gasteiger partial charge in [-0.25, -0.2) is 0 Å². The fourth-order valence-corrected chi connectivity index (χ4v) is 1.69. The predicted molar refractivity (Wildman–Crippen MR) is 66.5 cm³/mol. The number of nitrogens with one attached hydrogen (secondary N) is 2. The van der Waals surface area contributed by atoms with Crippen molar-refractivity contribution in [1.29, 1.82) is 0 Å². The highest BCUT2D eigenvalue weighted by molar-refractivity contribution is 6.00. The van der Waals surface area contributed by atoms with Crippen molar-refractivity contribution in [2.24, 2.45) is 0 Å². The second-order valence-electron chi connectivity index (χ2n) is 4.13. The van der Waals surface area contributed by atoms with E-state index >= 15 is 0 Å². The maximum absolute atomic E-state index is 11.2. The second kappa shape index (κ2) is 3.89. The Kier molecular flexibility index (Phi) is 2.56. The molecule has 0 saturated carbocycles. The van der Waals surface area contributed by atoms with E-state index in [0.29, 0.717) is 18.7 Å². The van der Waals surface area contributed by atoms with Crippen LogP contribution in [0.5, 0.6) is 0 Å². The average molecular weight is 217 g/mol. The van der Waals surface area contributed by atoms with Gasteiger partial charge >= 0.3 is 0 Å². The van der Waals surface area contributed by atoms with Crippen LogP contribution >= 0.6 is 0 Å². The van der Waals surface area contributed by atoms with Crippen LogP contribution in [0, 0.1) is 0 Å². The molecular formula is C12H15N3O. The first kappa shape index (κ1) is 10.5. The van der Waals surface area contributed by atoms with Gasteiger partial charge in [-0.15, -0.1) is 0 Å². The quantitative estimate of drug-likeness (QED) is 0.533. The van der Waals surface area contributed by atoms with E-state index in [1.54, 1.807) is 0 Å². The van der Waals surface area contributed by atoms with Gasteiger partial charge in [-0.3, -0.25) is 4.79 Å². The molecule has 4 heteroatoms. The Morgan fingerprint density at radius 2 is 2.38 bits per heavy atom. The molecule has 16 heavy (non-hydrogen) atoms. The van der Waals surface area contributed by atoms with Crippen LogP contribution in [0.15, 0.2) is 24.3 Å². The highest BCUT2D eigenvalue weighted by atomic mass is 16.1. The van der Waals surface area contributed by atoms with Crippen LogP contribution in [0.1, 0.15) is 12.5 Å². The summed E-state index contributed by atoms with van der Waals surface area (Å²) in [5.74, 6) is 0.0199. The number of fused-ring (bicyclic) bond motifs is 1. The molecule has 4 nitrogen and oxygen atoms in total. The minimum Gasteiger partial charge on any atom is -0.397 e. The number of hydrogen-bond donors (Lipinski definition) is 3. The van der Waals surface area contributed by atoms with E-state index in [2.05, 4.69) is 17.2 Å². The molecule has 0 bridgehead atoms. The first-order chi connectivity index (χ1) is 7.56. The molecule has 0 aliphatic carbocycles. The largest absolute Gasteiger partial charge is 0.397 e. The Bertz CT molecular complexity index is 466. The summed E-state index contributed by atoms with van der Waals surface area (Å²) in [6.45, 7) is 6.43. The van der Waals surface area contributed by atoms with E-state index in [9.17, 15) is 4.79 Å². The average Bonchev–Trinajstić information content (AvgIpc) is 2.53. The third-order valence-corrected chi connectivity index (χ3v) is 2.48. The van der Waals surface area contributed by atoms with Crippen molar-refractivity contribution in [2.75, 3.05) is 22.9 Å². The topological polar surface area (TPSA) is 67.1 Å². The van der Waals surface area contributed by atoms with Gasteiger partial charge in [0.2, 0.25) is 5.91 Å². The number of hydrogen-bond acceptors (Lipinski definition) is 3. The molecule has 1 aromatic rings. The molecule has 1 aliphatic heterocycles. The molecular weight excluding hydrogens is 202 g/mol. The Morgan fingerprint density at radius 1 is 1.62 bits per heavy atom. The fraction of sp³-hybridized carbons (Fsp3) is 0.250. The number of carbonyl (C=O) groups excluding carboxylic acids is 1. The van der Waals surface area contributed by atoms with Gasteiger partial charge in [-0.1, -0.05) is 12.2 Å². The van der Waals surface area contributed by atoms with Gasteiger partial charge < -0.3 is 16.4 Å². The third-order valence-electron chi connectivity index (χ3n) is 2.48. The van der Waals surface area contributed by atoms with Crippen molar-refractivity contribution >= 4 is 23.0 Å². The van der Waals surface area contributed by atoms with Crippen molar-refractivity contribution in [2.45, 2.75) is 13.3 Å². The minimum atomic E-state index is 0.0199. The number of rotatable bonds is 3. The van der Waals surface area contributed by atoms with E-state index in [4.69, 9.17) is 5.73 Å². The van der Waals surface area contributed by atoms with E-state index in [1.165, 1.54) is 0 Å². The lowest BCUT2D eigenvalue weighted by Crippen LogP contribution is -2.05. The summed E-state index contributed by atoms with van der Waals surface area (Å²) in [6, 6.07) is 3.71. The van der Waals surface area contributed by atoms with Crippen LogP contribution in [0.3, 0.4) is 0 Å². The summed E-state index contributed by atoms with van der Waals surface area (Å²) in [6.07, 6.45) is 0.417. The minimum absolute atomic E-state index is 0.0199. The van der Waals surface area contributed by atoms with Crippen molar-refractivity contribution in [3.8, 4) is 0 Å². The predicted octanol–water partition coefficient (Wildman–Crippen LogP) is 1.75. The molecule has 4 N–H and O–H groups in total. The maximum atomic E-state index is 11.2. The van der Waals surface area contributed by atoms with Gasteiger partial charge in [0.25, 0.3) is 0 Å². The highest BCUT2D eigenvalue weighted by Crippen LogP contribution is 2.31. The third kappa shape index (κ3) is 2.00. The van der Waals surface area contributed by atoms with E-state index in [-0.39, 0.29) is 5.91 Å². The zero-order chi connectivity index (χ0) is 11.7. The summed E-state index contributed by atoms with van der Waals surface area (Å²) in [5, 5.41) is 5.98.